The zero-order valence-electron chi connectivity index (χ0n) is 17.5. The minimum atomic E-state index is -0.388. The summed E-state index contributed by atoms with van der Waals surface area (Å²) >= 11 is 6.14. The first-order chi connectivity index (χ1) is 14.3. The van der Waals surface area contributed by atoms with E-state index in [1.807, 2.05) is 28.6 Å². The van der Waals surface area contributed by atoms with E-state index in [-0.39, 0.29) is 16.7 Å². The van der Waals surface area contributed by atoms with E-state index in [9.17, 15) is 4.79 Å². The van der Waals surface area contributed by atoms with Gasteiger partial charge in [-0.2, -0.15) is 10.2 Å². The molecule has 4 rings (SSSR count). The van der Waals surface area contributed by atoms with Crippen molar-refractivity contribution in [3.05, 3.63) is 51.3 Å². The molecule has 9 heteroatoms. The monoisotopic (exact) mass is 428 g/mol. The minimum absolute atomic E-state index is 0.0521. The molecule has 0 radical (unpaired) electrons. The Bertz CT molecular complexity index is 1120. The molecule has 1 atom stereocenters. The van der Waals surface area contributed by atoms with Crippen LogP contribution in [0, 0.1) is 13.8 Å². The van der Waals surface area contributed by atoms with E-state index in [0.29, 0.717) is 24.2 Å². The second-order valence-electron chi connectivity index (χ2n) is 7.84. The van der Waals surface area contributed by atoms with Gasteiger partial charge in [0, 0.05) is 42.5 Å². The van der Waals surface area contributed by atoms with E-state index in [1.54, 1.807) is 12.4 Å². The Kier molecular flexibility index (Phi) is 5.51. The zero-order valence-corrected chi connectivity index (χ0v) is 18.3. The zero-order chi connectivity index (χ0) is 21.4. The summed E-state index contributed by atoms with van der Waals surface area (Å²) in [5.41, 5.74) is 4.51. The van der Waals surface area contributed by atoms with Crippen LogP contribution >= 0.6 is 11.6 Å². The predicted molar refractivity (Wildman–Crippen MR) is 116 cm³/mol. The van der Waals surface area contributed by atoms with E-state index in [4.69, 9.17) is 16.3 Å². The average molecular weight is 429 g/mol. The molecule has 8 nitrogen and oxygen atoms in total. The van der Waals surface area contributed by atoms with Crippen LogP contribution in [-0.4, -0.2) is 44.2 Å². The maximum atomic E-state index is 11.7. The maximum absolute atomic E-state index is 11.7. The third-order valence-corrected chi connectivity index (χ3v) is 5.75. The van der Waals surface area contributed by atoms with E-state index in [0.717, 1.165) is 35.5 Å². The van der Waals surface area contributed by atoms with Gasteiger partial charge in [0.05, 0.1) is 24.1 Å². The Morgan fingerprint density at radius 3 is 2.87 bits per heavy atom. The van der Waals surface area contributed by atoms with Crippen molar-refractivity contribution < 1.29 is 4.74 Å². The number of halogens is 1. The molecule has 1 aliphatic rings. The molecule has 0 saturated carbocycles. The van der Waals surface area contributed by atoms with Crippen LogP contribution in [0.25, 0.3) is 11.1 Å². The van der Waals surface area contributed by atoms with E-state index in [2.05, 4.69) is 41.1 Å². The van der Waals surface area contributed by atoms with Crippen molar-refractivity contribution in [3.8, 4) is 17.0 Å². The molecule has 1 fully saturated rings. The molecule has 0 amide bonds. The molecule has 0 bridgehead atoms. The second-order valence-corrected chi connectivity index (χ2v) is 8.22. The molecule has 0 aromatic carbocycles. The van der Waals surface area contributed by atoms with E-state index in [1.165, 1.54) is 0 Å². The highest BCUT2D eigenvalue weighted by Crippen LogP contribution is 2.31. The molecular formula is C21H25ClN6O2. The lowest BCUT2D eigenvalue weighted by molar-refractivity contribution is 0.216. The van der Waals surface area contributed by atoms with Gasteiger partial charge < -0.3 is 9.64 Å². The Morgan fingerprint density at radius 2 is 2.13 bits per heavy atom. The number of aromatic amines is 1. The second kappa shape index (κ2) is 8.10. The lowest BCUT2D eigenvalue weighted by Gasteiger charge is -2.19. The molecule has 1 N–H and O–H groups in total. The number of nitrogens with one attached hydrogen (secondary N) is 1. The summed E-state index contributed by atoms with van der Waals surface area (Å²) in [6.45, 7) is 9.70. The number of rotatable bonds is 5. The van der Waals surface area contributed by atoms with Gasteiger partial charge in [0.2, 0.25) is 5.88 Å². The van der Waals surface area contributed by atoms with Crippen LogP contribution in [0.2, 0.25) is 5.02 Å². The Labute approximate surface area is 179 Å². The SMILES string of the molecule is Cc1nn(C(C)C)c(C)c1-c1ccnc(O[C@@H]2CCN(c3cn[nH]c(=O)c3Cl)C2)c1. The summed E-state index contributed by atoms with van der Waals surface area (Å²) in [7, 11) is 0. The van der Waals surface area contributed by atoms with Gasteiger partial charge in [-0.1, -0.05) is 11.6 Å². The van der Waals surface area contributed by atoms with E-state index < -0.39 is 0 Å². The van der Waals surface area contributed by atoms with Gasteiger partial charge in [0.15, 0.2) is 0 Å². The third kappa shape index (κ3) is 3.79. The fourth-order valence-corrected chi connectivity index (χ4v) is 4.23. The average Bonchev–Trinajstić information content (AvgIpc) is 3.28. The topological polar surface area (TPSA) is 88.9 Å². The van der Waals surface area contributed by atoms with Crippen molar-refractivity contribution in [3.63, 3.8) is 0 Å². The molecule has 30 heavy (non-hydrogen) atoms. The summed E-state index contributed by atoms with van der Waals surface area (Å²) < 4.78 is 8.21. The number of pyridine rings is 1. The molecule has 1 aliphatic heterocycles. The van der Waals surface area contributed by atoms with Crippen molar-refractivity contribution in [2.75, 3.05) is 18.0 Å². The lowest BCUT2D eigenvalue weighted by Crippen LogP contribution is -2.26. The highest BCUT2D eigenvalue weighted by Gasteiger charge is 2.27. The highest BCUT2D eigenvalue weighted by molar-refractivity contribution is 6.33. The van der Waals surface area contributed by atoms with Gasteiger partial charge in [-0.3, -0.25) is 9.48 Å². The summed E-state index contributed by atoms with van der Waals surface area (Å²) in [5.74, 6) is 0.575. The standard InChI is InChI=1S/C21H25ClN6O2/c1-12(2)28-14(4)19(13(3)26-28)15-5-7-23-18(9-15)30-16-6-8-27(11-16)17-10-24-25-21(29)20(17)22/h5,7,9-10,12,16H,6,8,11H2,1-4H3,(H,25,29)/t16-/m1/s1. The minimum Gasteiger partial charge on any atom is -0.472 e. The molecule has 4 heterocycles. The molecule has 1 saturated heterocycles. The molecule has 158 valence electrons. The molecule has 0 spiro atoms. The molecule has 0 aliphatic carbocycles. The van der Waals surface area contributed by atoms with Crippen LogP contribution in [-0.2, 0) is 0 Å². The van der Waals surface area contributed by atoms with Gasteiger partial charge in [-0.15, -0.1) is 0 Å². The smallest absolute Gasteiger partial charge is 0.285 e. The van der Waals surface area contributed by atoms with Crippen molar-refractivity contribution in [2.45, 2.75) is 46.3 Å². The van der Waals surface area contributed by atoms with Crippen molar-refractivity contribution in [2.24, 2.45) is 0 Å². The van der Waals surface area contributed by atoms with Gasteiger partial charge in [-0.25, -0.2) is 10.1 Å². The number of aryl methyl sites for hydroxylation is 1. The molecule has 0 unspecified atom stereocenters. The van der Waals surface area contributed by atoms with Crippen molar-refractivity contribution >= 4 is 17.3 Å². The largest absolute Gasteiger partial charge is 0.472 e. The lowest BCUT2D eigenvalue weighted by atomic mass is 10.1. The summed E-state index contributed by atoms with van der Waals surface area (Å²) in [6, 6.07) is 4.24. The Morgan fingerprint density at radius 1 is 1.33 bits per heavy atom. The van der Waals surface area contributed by atoms with Gasteiger partial charge in [0.1, 0.15) is 11.1 Å². The first-order valence-corrected chi connectivity index (χ1v) is 10.4. The first-order valence-electron chi connectivity index (χ1n) is 10.0. The fraction of sp³-hybridized carbons (Fsp3) is 0.429. The molecule has 3 aromatic heterocycles. The number of anilines is 1. The van der Waals surface area contributed by atoms with Crippen molar-refractivity contribution in [1.82, 2.24) is 25.0 Å². The fourth-order valence-electron chi connectivity index (χ4n) is 4.02. The van der Waals surface area contributed by atoms with E-state index >= 15 is 0 Å². The number of hydrogen-bond donors (Lipinski definition) is 1. The maximum Gasteiger partial charge on any atom is 0.285 e. The number of aromatic nitrogens is 5. The number of nitrogens with zero attached hydrogens (tertiary/aromatic N) is 5. The normalized spacial score (nSPS) is 16.5. The van der Waals surface area contributed by atoms with Crippen LogP contribution in [0.3, 0.4) is 0 Å². The quantitative estimate of drug-likeness (QED) is 0.668. The highest BCUT2D eigenvalue weighted by atomic mass is 35.5. The van der Waals surface area contributed by atoms with Crippen LogP contribution in [0.1, 0.15) is 37.7 Å². The summed E-state index contributed by atoms with van der Waals surface area (Å²) in [6.07, 6.45) is 4.09. The predicted octanol–water partition coefficient (Wildman–Crippen LogP) is 3.54. The summed E-state index contributed by atoms with van der Waals surface area (Å²) in [5, 5.41) is 11.0. The van der Waals surface area contributed by atoms with Gasteiger partial charge in [0.25, 0.3) is 5.56 Å². The van der Waals surface area contributed by atoms with Crippen LogP contribution < -0.4 is 15.2 Å². The molecular weight excluding hydrogens is 404 g/mol. The first kappa shape index (κ1) is 20.4. The van der Waals surface area contributed by atoms with Gasteiger partial charge in [-0.05, 0) is 39.3 Å². The molecule has 3 aromatic rings. The van der Waals surface area contributed by atoms with Crippen LogP contribution in [0.15, 0.2) is 29.3 Å². The van der Waals surface area contributed by atoms with Crippen LogP contribution in [0.4, 0.5) is 5.69 Å². The van der Waals surface area contributed by atoms with Gasteiger partial charge >= 0.3 is 0 Å². The van der Waals surface area contributed by atoms with Crippen LogP contribution in [0.5, 0.6) is 5.88 Å². The number of ether oxygens (including phenoxy) is 1. The Balaban J connectivity index is 1.52. The third-order valence-electron chi connectivity index (χ3n) is 5.39. The van der Waals surface area contributed by atoms with Crippen molar-refractivity contribution in [1.29, 1.82) is 0 Å². The summed E-state index contributed by atoms with van der Waals surface area (Å²) in [4.78, 5) is 18.1. The number of hydrogen-bond acceptors (Lipinski definition) is 6. The Hall–Kier alpha value is -2.87. The number of H-pyrrole nitrogens is 1.